The maximum atomic E-state index is 13.9. The molecule has 0 unspecified atom stereocenters. The lowest BCUT2D eigenvalue weighted by Crippen LogP contribution is -2.44. The number of nitrogens with two attached hydrogens (primary N) is 2. The molecule has 46 heavy (non-hydrogen) atoms. The maximum absolute atomic E-state index is 13.9. The topological polar surface area (TPSA) is 247 Å². The highest BCUT2D eigenvalue weighted by Crippen LogP contribution is 2.48. The molecule has 4 aromatic rings. The van der Waals surface area contributed by atoms with Crippen LogP contribution in [0.5, 0.6) is 5.75 Å². The zero-order chi connectivity index (χ0) is 33.1. The molecule has 0 aliphatic carbocycles. The number of aromatic nitrogens is 3. The third-order valence-electron chi connectivity index (χ3n) is 7.22. The number of aliphatic carboxylic acids is 1. The summed E-state index contributed by atoms with van der Waals surface area (Å²) in [6.45, 7) is 0.507. The molecule has 5 rings (SSSR count). The fourth-order valence-electron chi connectivity index (χ4n) is 4.85. The lowest BCUT2D eigenvalue weighted by atomic mass is 9.92. The van der Waals surface area contributed by atoms with E-state index in [2.05, 4.69) is 15.2 Å². The van der Waals surface area contributed by atoms with E-state index in [0.717, 1.165) is 6.33 Å². The second-order valence-electron chi connectivity index (χ2n) is 10.3. The molecule has 240 valence electrons. The number of anilines is 1. The van der Waals surface area contributed by atoms with E-state index in [1.54, 1.807) is 48.5 Å². The number of fused-ring (bicyclic) bond motifs is 1. The SMILES string of the molecule is C[C@H](N[P@](=O)(OC[C@H]1O[C@@](C#N)(c2ccc3c(N)ncnn23)[C@H](O)[C@@H]1OC(=O)[C@H](N)c1ccccc1)Oc1ccccc1)C(=O)O. The largest absolute Gasteiger partial charge is 0.480 e. The summed E-state index contributed by atoms with van der Waals surface area (Å²) < 4.78 is 38.1. The Bertz CT molecular complexity index is 1800. The number of carbonyl (C=O) groups is 2. The molecule has 2 aromatic heterocycles. The fourth-order valence-corrected chi connectivity index (χ4v) is 6.36. The molecule has 16 nitrogen and oxygen atoms in total. The van der Waals surface area contributed by atoms with E-state index in [4.69, 9.17) is 30.0 Å². The normalized spacial score (nSPS) is 23.6. The number of nitrogens with zero attached hydrogens (tertiary/aromatic N) is 4. The van der Waals surface area contributed by atoms with Crippen molar-refractivity contribution in [3.63, 3.8) is 0 Å². The third kappa shape index (κ3) is 6.42. The molecule has 1 aliphatic heterocycles. The second kappa shape index (κ2) is 13.2. The Kier molecular flexibility index (Phi) is 9.35. The van der Waals surface area contributed by atoms with Gasteiger partial charge < -0.3 is 35.7 Å². The first-order chi connectivity index (χ1) is 22.0. The Hall–Kier alpha value is -4.88. The summed E-state index contributed by atoms with van der Waals surface area (Å²) in [5, 5.41) is 38.0. The van der Waals surface area contributed by atoms with Gasteiger partial charge >= 0.3 is 19.7 Å². The lowest BCUT2D eigenvalue weighted by molar-refractivity contribution is -0.158. The van der Waals surface area contributed by atoms with Gasteiger partial charge in [-0.1, -0.05) is 48.5 Å². The molecule has 2 aromatic carbocycles. The molecular formula is C29H30N7O9P. The zero-order valence-corrected chi connectivity index (χ0v) is 25.1. The fraction of sp³-hybridized carbons (Fsp3) is 0.276. The first kappa shape index (κ1) is 32.5. The molecule has 7 atom stereocenters. The molecule has 0 saturated carbocycles. The zero-order valence-electron chi connectivity index (χ0n) is 24.2. The Morgan fingerprint density at radius 2 is 1.85 bits per heavy atom. The summed E-state index contributed by atoms with van der Waals surface area (Å²) in [4.78, 5) is 28.8. The molecule has 0 amide bonds. The van der Waals surface area contributed by atoms with Crippen LogP contribution in [0.2, 0.25) is 0 Å². The number of aliphatic hydroxyl groups is 1. The van der Waals surface area contributed by atoms with E-state index in [0.29, 0.717) is 11.1 Å². The number of hydrogen-bond donors (Lipinski definition) is 5. The summed E-state index contributed by atoms with van der Waals surface area (Å²) in [5.41, 5.74) is 10.6. The summed E-state index contributed by atoms with van der Waals surface area (Å²) in [6, 6.07) is 18.4. The molecule has 1 aliphatic rings. The van der Waals surface area contributed by atoms with Crippen LogP contribution in [0, 0.1) is 11.3 Å². The predicted octanol–water partition coefficient (Wildman–Crippen LogP) is 1.67. The van der Waals surface area contributed by atoms with Gasteiger partial charge in [0.25, 0.3) is 0 Å². The van der Waals surface area contributed by atoms with Crippen LogP contribution in [0.3, 0.4) is 0 Å². The first-order valence-corrected chi connectivity index (χ1v) is 15.4. The predicted molar refractivity (Wildman–Crippen MR) is 160 cm³/mol. The smallest absolute Gasteiger partial charge is 0.459 e. The summed E-state index contributed by atoms with van der Waals surface area (Å²) in [5.74, 6) is -2.15. The molecule has 0 spiro atoms. The van der Waals surface area contributed by atoms with E-state index in [9.17, 15) is 29.6 Å². The molecule has 1 fully saturated rings. The van der Waals surface area contributed by atoms with E-state index in [1.165, 1.54) is 35.7 Å². The van der Waals surface area contributed by atoms with E-state index in [-0.39, 0.29) is 17.3 Å². The van der Waals surface area contributed by atoms with Crippen molar-refractivity contribution in [2.45, 2.75) is 42.9 Å². The summed E-state index contributed by atoms with van der Waals surface area (Å²) in [6.07, 6.45) is -3.82. The molecule has 3 heterocycles. The molecule has 1 saturated heterocycles. The van der Waals surface area contributed by atoms with Crippen molar-refractivity contribution in [2.75, 3.05) is 12.3 Å². The van der Waals surface area contributed by atoms with Crippen molar-refractivity contribution in [1.29, 1.82) is 5.26 Å². The number of para-hydroxylation sites is 1. The van der Waals surface area contributed by atoms with Gasteiger partial charge in [-0.25, -0.2) is 18.9 Å². The Morgan fingerprint density at radius 3 is 2.50 bits per heavy atom. The number of aliphatic hydroxyl groups excluding tert-OH is 1. The van der Waals surface area contributed by atoms with Crippen LogP contribution < -0.4 is 21.1 Å². The van der Waals surface area contributed by atoms with Gasteiger partial charge in [0.15, 0.2) is 11.9 Å². The minimum atomic E-state index is -4.49. The monoisotopic (exact) mass is 651 g/mol. The number of esters is 1. The van der Waals surface area contributed by atoms with Gasteiger partial charge in [-0.3, -0.25) is 9.32 Å². The van der Waals surface area contributed by atoms with Gasteiger partial charge in [-0.2, -0.15) is 15.4 Å². The number of carboxylic acids is 1. The van der Waals surface area contributed by atoms with Gasteiger partial charge in [-0.15, -0.1) is 0 Å². The van der Waals surface area contributed by atoms with Gasteiger partial charge in [-0.05, 0) is 36.8 Å². The lowest BCUT2D eigenvalue weighted by Gasteiger charge is -2.25. The van der Waals surface area contributed by atoms with Gasteiger partial charge in [0.05, 0.1) is 12.3 Å². The Balaban J connectivity index is 1.50. The van der Waals surface area contributed by atoms with Crippen molar-refractivity contribution in [3.8, 4) is 11.8 Å². The highest BCUT2D eigenvalue weighted by molar-refractivity contribution is 7.52. The number of nitrogens with one attached hydrogen (secondary N) is 1. The van der Waals surface area contributed by atoms with Crippen molar-refractivity contribution < 1.29 is 42.9 Å². The molecular weight excluding hydrogens is 621 g/mol. The first-order valence-electron chi connectivity index (χ1n) is 13.8. The minimum absolute atomic E-state index is 0.0175. The Labute approximate surface area is 262 Å². The van der Waals surface area contributed by atoms with E-state index in [1.807, 2.05) is 6.07 Å². The summed E-state index contributed by atoms with van der Waals surface area (Å²) >= 11 is 0. The van der Waals surface area contributed by atoms with E-state index >= 15 is 0 Å². The molecule has 17 heteroatoms. The molecule has 0 bridgehead atoms. The number of carboxylic acid groups (broad SMARTS) is 1. The highest BCUT2D eigenvalue weighted by Gasteiger charge is 2.60. The number of hydrogen-bond acceptors (Lipinski definition) is 13. The third-order valence-corrected chi connectivity index (χ3v) is 8.87. The maximum Gasteiger partial charge on any atom is 0.459 e. The van der Waals surface area contributed by atoms with Crippen LogP contribution in [0.4, 0.5) is 5.82 Å². The number of benzene rings is 2. The summed E-state index contributed by atoms with van der Waals surface area (Å²) in [7, 11) is -4.49. The van der Waals surface area contributed by atoms with Crippen molar-refractivity contribution >= 4 is 31.0 Å². The number of ether oxygens (including phenoxy) is 2. The van der Waals surface area contributed by atoms with Crippen LogP contribution >= 0.6 is 7.75 Å². The van der Waals surface area contributed by atoms with Gasteiger partial charge in [0.1, 0.15) is 48.0 Å². The second-order valence-corrected chi connectivity index (χ2v) is 12.0. The Morgan fingerprint density at radius 1 is 1.17 bits per heavy atom. The van der Waals surface area contributed by atoms with Crippen LogP contribution in [0.15, 0.2) is 79.1 Å². The van der Waals surface area contributed by atoms with Crippen LogP contribution in [-0.4, -0.2) is 67.7 Å². The number of nitrogen functional groups attached to an aromatic ring is 1. The van der Waals surface area contributed by atoms with Crippen LogP contribution in [-0.2, 0) is 33.8 Å². The van der Waals surface area contributed by atoms with Gasteiger partial charge in [0.2, 0.25) is 5.60 Å². The molecule has 0 radical (unpaired) electrons. The highest BCUT2D eigenvalue weighted by atomic mass is 31.2. The van der Waals surface area contributed by atoms with Crippen LogP contribution in [0.1, 0.15) is 24.2 Å². The van der Waals surface area contributed by atoms with Crippen LogP contribution in [0.25, 0.3) is 5.52 Å². The van der Waals surface area contributed by atoms with E-state index < -0.39 is 62.3 Å². The van der Waals surface area contributed by atoms with Crippen molar-refractivity contribution in [3.05, 3.63) is 90.4 Å². The van der Waals surface area contributed by atoms with Crippen molar-refractivity contribution in [2.24, 2.45) is 5.73 Å². The van der Waals surface area contributed by atoms with Gasteiger partial charge in [0, 0.05) is 0 Å². The number of nitriles is 1. The quantitative estimate of drug-likeness (QED) is 0.108. The molecule has 7 N–H and O–H groups in total. The van der Waals surface area contributed by atoms with Crippen molar-refractivity contribution in [1.82, 2.24) is 19.7 Å². The minimum Gasteiger partial charge on any atom is -0.480 e. The number of carbonyl (C=O) groups excluding carboxylic acids is 1. The average Bonchev–Trinajstić information content (AvgIpc) is 3.61. The standard InChI is InChI=1S/C29H30N7O9P/c1-17(27(38)39)35-46(41,45-19-10-6-3-7-11-19)42-14-21-24(43-28(40)23(31)18-8-4-2-5-9-18)25(37)29(15-30,44-21)22-13-12-20-26(32)33-16-34-36(20)22/h2-13,16-17,21,23-25,37H,14,31H2,1H3,(H,35,41)(H,38,39)(H2,32,33,34)/t17-,21+,23+,24+,25+,29-,46-/m0/s1. The average molecular weight is 652 g/mol. The number of rotatable bonds is 12.